The Hall–Kier alpha value is -0.0800. The largest absolute Gasteiger partial charge is 0.379 e. The number of nitrogens with one attached hydrogen (secondary N) is 1. The van der Waals surface area contributed by atoms with Crippen LogP contribution in [0.3, 0.4) is 0 Å². The normalized spacial score (nSPS) is 32.0. The molecule has 0 aromatic heterocycles. The number of likely N-dealkylation sites (tertiary alicyclic amines) is 1. The molecule has 3 rings (SSSR count). The third-order valence-corrected chi connectivity index (χ3v) is 6.10. The van der Waals surface area contributed by atoms with E-state index in [9.17, 15) is 0 Å². The molecule has 0 spiro atoms. The summed E-state index contributed by atoms with van der Waals surface area (Å²) in [5.74, 6) is 2.94. The molecule has 3 fully saturated rings. The summed E-state index contributed by atoms with van der Waals surface area (Å²) in [6.07, 6.45) is 5.69. The van der Waals surface area contributed by atoms with E-state index in [1.54, 1.807) is 0 Å². The van der Waals surface area contributed by atoms with Gasteiger partial charge in [0, 0.05) is 38.3 Å². The number of aliphatic imine (C=N–C) groups is 1. The molecule has 1 N–H and O–H groups in total. The van der Waals surface area contributed by atoms with E-state index >= 15 is 0 Å². The number of morpholine rings is 1. The van der Waals surface area contributed by atoms with E-state index < -0.39 is 0 Å². The fourth-order valence-electron chi connectivity index (χ4n) is 4.72. The Balaban J connectivity index is 0.00000225. The zero-order valence-electron chi connectivity index (χ0n) is 16.2. The number of hydrogen-bond donors (Lipinski definition) is 1. The third-order valence-electron chi connectivity index (χ3n) is 6.10. The highest BCUT2D eigenvalue weighted by molar-refractivity contribution is 14.0. The monoisotopic (exact) mass is 464 g/mol. The van der Waals surface area contributed by atoms with E-state index in [1.807, 2.05) is 0 Å². The first-order chi connectivity index (χ1) is 11.7. The SMILES string of the molecule is CCNC(=NCC(C)N1CCOCC1C)N1CC2CCCCC2C1.I. The molecule has 25 heavy (non-hydrogen) atoms. The Bertz CT molecular complexity index is 420. The van der Waals surface area contributed by atoms with Crippen LogP contribution in [-0.2, 0) is 4.74 Å². The molecule has 6 heteroatoms. The van der Waals surface area contributed by atoms with E-state index in [-0.39, 0.29) is 24.0 Å². The van der Waals surface area contributed by atoms with Crippen molar-refractivity contribution in [1.82, 2.24) is 15.1 Å². The van der Waals surface area contributed by atoms with Crippen LogP contribution in [0.15, 0.2) is 4.99 Å². The number of guanidine groups is 1. The highest BCUT2D eigenvalue weighted by Gasteiger charge is 2.35. The van der Waals surface area contributed by atoms with E-state index in [0.29, 0.717) is 12.1 Å². The van der Waals surface area contributed by atoms with Crippen molar-refractivity contribution in [2.45, 2.75) is 58.5 Å². The van der Waals surface area contributed by atoms with Gasteiger partial charge in [0.1, 0.15) is 0 Å². The van der Waals surface area contributed by atoms with Crippen LogP contribution >= 0.6 is 24.0 Å². The second-order valence-corrected chi connectivity index (χ2v) is 7.92. The fourth-order valence-corrected chi connectivity index (χ4v) is 4.72. The van der Waals surface area contributed by atoms with Crippen LogP contribution in [0.1, 0.15) is 46.5 Å². The van der Waals surface area contributed by atoms with Crippen molar-refractivity contribution >= 4 is 29.9 Å². The minimum Gasteiger partial charge on any atom is -0.379 e. The highest BCUT2D eigenvalue weighted by Crippen LogP contribution is 2.35. The molecule has 5 nitrogen and oxygen atoms in total. The van der Waals surface area contributed by atoms with E-state index in [4.69, 9.17) is 9.73 Å². The Labute approximate surface area is 171 Å². The summed E-state index contributed by atoms with van der Waals surface area (Å²) in [4.78, 5) is 10.1. The first kappa shape index (κ1) is 21.2. The molecule has 1 saturated carbocycles. The van der Waals surface area contributed by atoms with Crippen molar-refractivity contribution in [3.63, 3.8) is 0 Å². The minimum absolute atomic E-state index is 0. The van der Waals surface area contributed by atoms with E-state index in [0.717, 1.165) is 50.6 Å². The molecular weight excluding hydrogens is 427 g/mol. The fraction of sp³-hybridized carbons (Fsp3) is 0.947. The second-order valence-electron chi connectivity index (χ2n) is 7.92. The molecule has 2 heterocycles. The number of ether oxygens (including phenoxy) is 1. The number of hydrogen-bond acceptors (Lipinski definition) is 3. The van der Waals surface area contributed by atoms with Crippen LogP contribution in [0.5, 0.6) is 0 Å². The highest BCUT2D eigenvalue weighted by atomic mass is 127. The Morgan fingerprint density at radius 3 is 2.52 bits per heavy atom. The lowest BCUT2D eigenvalue weighted by atomic mass is 9.82. The van der Waals surface area contributed by atoms with Crippen molar-refractivity contribution in [3.8, 4) is 0 Å². The zero-order valence-corrected chi connectivity index (χ0v) is 18.6. The molecule has 146 valence electrons. The number of fused-ring (bicyclic) bond motifs is 1. The van der Waals surface area contributed by atoms with Crippen molar-refractivity contribution in [1.29, 1.82) is 0 Å². The summed E-state index contributed by atoms with van der Waals surface area (Å²) in [6, 6.07) is 0.976. The van der Waals surface area contributed by atoms with Gasteiger partial charge in [0.2, 0.25) is 0 Å². The van der Waals surface area contributed by atoms with Crippen LogP contribution in [0.25, 0.3) is 0 Å². The van der Waals surface area contributed by atoms with Gasteiger partial charge >= 0.3 is 0 Å². The topological polar surface area (TPSA) is 40.1 Å². The average molecular weight is 464 g/mol. The van der Waals surface area contributed by atoms with Gasteiger partial charge in [-0.3, -0.25) is 9.89 Å². The van der Waals surface area contributed by atoms with Gasteiger partial charge in [-0.25, -0.2) is 0 Å². The Morgan fingerprint density at radius 1 is 1.24 bits per heavy atom. The predicted octanol–water partition coefficient (Wildman–Crippen LogP) is 2.80. The quantitative estimate of drug-likeness (QED) is 0.395. The van der Waals surface area contributed by atoms with Crippen LogP contribution < -0.4 is 5.32 Å². The zero-order chi connectivity index (χ0) is 16.9. The van der Waals surface area contributed by atoms with Crippen molar-refractivity contribution in [3.05, 3.63) is 0 Å². The molecule has 0 amide bonds. The average Bonchev–Trinajstić information content (AvgIpc) is 3.02. The molecular formula is C19H37IN4O. The maximum absolute atomic E-state index is 5.56. The summed E-state index contributed by atoms with van der Waals surface area (Å²) in [5.41, 5.74) is 0. The van der Waals surface area contributed by atoms with Gasteiger partial charge in [0.25, 0.3) is 0 Å². The lowest BCUT2D eigenvalue weighted by Crippen LogP contribution is -2.49. The second kappa shape index (κ2) is 10.3. The van der Waals surface area contributed by atoms with Crippen molar-refractivity contribution in [2.24, 2.45) is 16.8 Å². The smallest absolute Gasteiger partial charge is 0.193 e. The molecule has 3 aliphatic rings. The molecule has 4 unspecified atom stereocenters. The number of halogens is 1. The number of nitrogens with zero attached hydrogens (tertiary/aromatic N) is 3. The van der Waals surface area contributed by atoms with Gasteiger partial charge in [-0.2, -0.15) is 0 Å². The maximum Gasteiger partial charge on any atom is 0.193 e. The molecule has 0 aromatic rings. The first-order valence-corrected chi connectivity index (χ1v) is 10.1. The van der Waals surface area contributed by atoms with Gasteiger partial charge in [-0.15, -0.1) is 24.0 Å². The molecule has 2 saturated heterocycles. The lowest BCUT2D eigenvalue weighted by Gasteiger charge is -2.37. The molecule has 0 radical (unpaired) electrons. The summed E-state index contributed by atoms with van der Waals surface area (Å²) < 4.78 is 5.56. The summed E-state index contributed by atoms with van der Waals surface area (Å²) in [7, 11) is 0. The van der Waals surface area contributed by atoms with E-state index in [2.05, 4.69) is 35.9 Å². The van der Waals surface area contributed by atoms with Crippen molar-refractivity contribution in [2.75, 3.05) is 45.9 Å². The van der Waals surface area contributed by atoms with Gasteiger partial charge in [0.15, 0.2) is 5.96 Å². The Morgan fingerprint density at radius 2 is 1.92 bits per heavy atom. The Kier molecular flexibility index (Phi) is 8.75. The first-order valence-electron chi connectivity index (χ1n) is 10.1. The molecule has 4 atom stereocenters. The van der Waals surface area contributed by atoms with Gasteiger partial charge in [-0.05, 0) is 45.4 Å². The van der Waals surface area contributed by atoms with Crippen LogP contribution in [0.2, 0.25) is 0 Å². The molecule has 2 aliphatic heterocycles. The maximum atomic E-state index is 5.56. The van der Waals surface area contributed by atoms with E-state index in [1.165, 1.54) is 38.8 Å². The molecule has 0 bridgehead atoms. The van der Waals surface area contributed by atoms with Gasteiger partial charge in [-0.1, -0.05) is 12.8 Å². The van der Waals surface area contributed by atoms with Crippen LogP contribution in [0, 0.1) is 11.8 Å². The lowest BCUT2D eigenvalue weighted by molar-refractivity contribution is -0.0166. The summed E-state index contributed by atoms with van der Waals surface area (Å²) >= 11 is 0. The minimum atomic E-state index is 0. The van der Waals surface area contributed by atoms with Crippen LogP contribution in [0.4, 0.5) is 0 Å². The van der Waals surface area contributed by atoms with Gasteiger partial charge in [0.05, 0.1) is 19.8 Å². The standard InChI is InChI=1S/C19H36N4O.HI/c1-4-20-19(22-12-17-7-5-6-8-18(17)13-22)21-11-15(2)23-9-10-24-14-16(23)3;/h15-18H,4-14H2,1-3H3,(H,20,21);1H. The number of rotatable bonds is 4. The van der Waals surface area contributed by atoms with Gasteiger partial charge < -0.3 is 15.0 Å². The summed E-state index contributed by atoms with van der Waals surface area (Å²) in [6.45, 7) is 13.7. The predicted molar refractivity (Wildman–Crippen MR) is 115 cm³/mol. The third kappa shape index (κ3) is 5.45. The molecule has 0 aromatic carbocycles. The summed E-state index contributed by atoms with van der Waals surface area (Å²) in [5, 5.41) is 3.54. The van der Waals surface area contributed by atoms with Crippen molar-refractivity contribution < 1.29 is 4.74 Å². The molecule has 1 aliphatic carbocycles. The van der Waals surface area contributed by atoms with Crippen LogP contribution in [-0.4, -0.2) is 73.8 Å².